The first-order valence-corrected chi connectivity index (χ1v) is 7.87. The monoisotopic (exact) mass is 295 g/mol. The molecule has 0 radical (unpaired) electrons. The van der Waals surface area contributed by atoms with Crippen LogP contribution in [0.25, 0.3) is 21.8 Å². The maximum atomic E-state index is 5.18. The number of rotatable bonds is 4. The number of benzene rings is 2. The summed E-state index contributed by atoms with van der Waals surface area (Å²) < 4.78 is 5.18. The lowest BCUT2D eigenvalue weighted by Crippen LogP contribution is -1.83. The number of thiazole rings is 1. The minimum absolute atomic E-state index is 0.866. The van der Waals surface area contributed by atoms with Gasteiger partial charge in [0.2, 0.25) is 0 Å². The Morgan fingerprint density at radius 3 is 2.24 bits per heavy atom. The molecule has 0 N–H and O–H groups in total. The Hall–Kier alpha value is -2.13. The third-order valence-electron chi connectivity index (χ3n) is 3.50. The average Bonchev–Trinajstić information content (AvgIpc) is 3.05. The minimum Gasteiger partial charge on any atom is -0.497 e. The summed E-state index contributed by atoms with van der Waals surface area (Å²) in [4.78, 5) is 4.74. The van der Waals surface area contributed by atoms with Crippen molar-refractivity contribution in [1.29, 1.82) is 0 Å². The third-order valence-corrected chi connectivity index (χ3v) is 4.39. The zero-order valence-corrected chi connectivity index (χ0v) is 13.0. The van der Waals surface area contributed by atoms with Crippen molar-refractivity contribution < 1.29 is 4.74 Å². The largest absolute Gasteiger partial charge is 0.497 e. The molecular formula is C18H17NOS. The molecule has 0 amide bonds. The van der Waals surface area contributed by atoms with Crippen molar-refractivity contribution in [1.82, 2.24) is 4.98 Å². The number of aryl methyl sites for hydroxylation is 1. The SMILES string of the molecule is CCc1ccc(-c2csc(-c3ccc(OC)cc3)n2)cc1. The van der Waals surface area contributed by atoms with Crippen molar-refractivity contribution in [3.8, 4) is 27.6 Å². The molecule has 106 valence electrons. The van der Waals surface area contributed by atoms with E-state index in [4.69, 9.17) is 9.72 Å². The smallest absolute Gasteiger partial charge is 0.124 e. The summed E-state index contributed by atoms with van der Waals surface area (Å²) in [6, 6.07) is 16.6. The molecule has 3 rings (SSSR count). The van der Waals surface area contributed by atoms with Crippen LogP contribution in [0.4, 0.5) is 0 Å². The van der Waals surface area contributed by atoms with Gasteiger partial charge in [0.05, 0.1) is 12.8 Å². The second-order valence-electron chi connectivity index (χ2n) is 4.82. The highest BCUT2D eigenvalue weighted by atomic mass is 32.1. The lowest BCUT2D eigenvalue weighted by molar-refractivity contribution is 0.415. The number of aromatic nitrogens is 1. The van der Waals surface area contributed by atoms with Crippen molar-refractivity contribution in [2.75, 3.05) is 7.11 Å². The van der Waals surface area contributed by atoms with Crippen molar-refractivity contribution in [3.63, 3.8) is 0 Å². The van der Waals surface area contributed by atoms with E-state index in [2.05, 4.69) is 36.6 Å². The first-order chi connectivity index (χ1) is 10.3. The minimum atomic E-state index is 0.866. The average molecular weight is 295 g/mol. The molecule has 0 atom stereocenters. The molecule has 3 heteroatoms. The van der Waals surface area contributed by atoms with E-state index in [9.17, 15) is 0 Å². The molecule has 0 aliphatic rings. The van der Waals surface area contributed by atoms with Crippen LogP contribution in [0, 0.1) is 0 Å². The Bertz CT molecular complexity index is 652. The fourth-order valence-electron chi connectivity index (χ4n) is 2.18. The van der Waals surface area contributed by atoms with Crippen LogP contribution in [0.1, 0.15) is 12.5 Å². The van der Waals surface area contributed by atoms with E-state index in [1.165, 1.54) is 11.1 Å². The normalized spacial score (nSPS) is 10.6. The molecule has 0 bridgehead atoms. The fourth-order valence-corrected chi connectivity index (χ4v) is 3.02. The van der Waals surface area contributed by atoms with E-state index in [-0.39, 0.29) is 0 Å². The summed E-state index contributed by atoms with van der Waals surface area (Å²) in [6.45, 7) is 2.17. The lowest BCUT2D eigenvalue weighted by atomic mass is 10.1. The van der Waals surface area contributed by atoms with Crippen molar-refractivity contribution >= 4 is 11.3 Å². The van der Waals surface area contributed by atoms with Gasteiger partial charge in [-0.1, -0.05) is 31.2 Å². The lowest BCUT2D eigenvalue weighted by Gasteiger charge is -2.01. The van der Waals surface area contributed by atoms with Gasteiger partial charge in [-0.05, 0) is 36.2 Å². The van der Waals surface area contributed by atoms with Gasteiger partial charge in [-0.2, -0.15) is 0 Å². The van der Waals surface area contributed by atoms with Gasteiger partial charge in [0.1, 0.15) is 10.8 Å². The van der Waals surface area contributed by atoms with Gasteiger partial charge in [0, 0.05) is 16.5 Å². The van der Waals surface area contributed by atoms with Crippen LogP contribution in [-0.4, -0.2) is 12.1 Å². The quantitative estimate of drug-likeness (QED) is 0.672. The van der Waals surface area contributed by atoms with E-state index in [0.29, 0.717) is 0 Å². The van der Waals surface area contributed by atoms with Gasteiger partial charge in [-0.15, -0.1) is 11.3 Å². The Kier molecular flexibility index (Phi) is 4.02. The standard InChI is InChI=1S/C18H17NOS/c1-3-13-4-6-14(7-5-13)17-12-21-18(19-17)15-8-10-16(20-2)11-9-15/h4-12H,3H2,1-2H3. The highest BCUT2D eigenvalue weighted by molar-refractivity contribution is 7.13. The van der Waals surface area contributed by atoms with E-state index < -0.39 is 0 Å². The van der Waals surface area contributed by atoms with Gasteiger partial charge < -0.3 is 4.74 Å². The Morgan fingerprint density at radius 1 is 0.952 bits per heavy atom. The Labute approximate surface area is 129 Å². The van der Waals surface area contributed by atoms with E-state index in [1.807, 2.05) is 24.3 Å². The molecule has 2 nitrogen and oxygen atoms in total. The highest BCUT2D eigenvalue weighted by Crippen LogP contribution is 2.30. The molecule has 0 fully saturated rings. The second kappa shape index (κ2) is 6.10. The zero-order valence-electron chi connectivity index (χ0n) is 12.2. The molecule has 0 aliphatic heterocycles. The maximum absolute atomic E-state index is 5.18. The molecular weight excluding hydrogens is 278 g/mol. The Morgan fingerprint density at radius 2 is 1.62 bits per heavy atom. The number of nitrogens with zero attached hydrogens (tertiary/aromatic N) is 1. The van der Waals surface area contributed by atoms with Gasteiger partial charge in [0.15, 0.2) is 0 Å². The van der Waals surface area contributed by atoms with Crippen molar-refractivity contribution in [2.45, 2.75) is 13.3 Å². The molecule has 3 aromatic rings. The molecule has 1 aromatic heterocycles. The summed E-state index contributed by atoms with van der Waals surface area (Å²) in [5.74, 6) is 0.866. The summed E-state index contributed by atoms with van der Waals surface area (Å²) in [5, 5.41) is 3.15. The predicted octanol–water partition coefficient (Wildman–Crippen LogP) is 5.05. The van der Waals surface area contributed by atoms with Crippen LogP contribution >= 0.6 is 11.3 Å². The number of ether oxygens (including phenoxy) is 1. The van der Waals surface area contributed by atoms with Crippen molar-refractivity contribution in [3.05, 3.63) is 59.5 Å². The fraction of sp³-hybridized carbons (Fsp3) is 0.167. The Balaban J connectivity index is 1.87. The maximum Gasteiger partial charge on any atom is 0.124 e. The summed E-state index contributed by atoms with van der Waals surface area (Å²) in [5.41, 5.74) is 4.68. The summed E-state index contributed by atoms with van der Waals surface area (Å²) >= 11 is 1.67. The van der Waals surface area contributed by atoms with Crippen LogP contribution < -0.4 is 4.74 Å². The molecule has 0 aliphatic carbocycles. The first kappa shape index (κ1) is 13.8. The van der Waals surface area contributed by atoms with E-state index in [0.717, 1.165) is 28.4 Å². The van der Waals surface area contributed by atoms with Gasteiger partial charge in [-0.25, -0.2) is 4.98 Å². The third kappa shape index (κ3) is 2.98. The zero-order chi connectivity index (χ0) is 14.7. The van der Waals surface area contributed by atoms with E-state index in [1.54, 1.807) is 18.4 Å². The van der Waals surface area contributed by atoms with Gasteiger partial charge >= 0.3 is 0 Å². The first-order valence-electron chi connectivity index (χ1n) is 6.99. The molecule has 0 spiro atoms. The molecule has 1 heterocycles. The highest BCUT2D eigenvalue weighted by Gasteiger charge is 2.07. The van der Waals surface area contributed by atoms with Crippen LogP contribution in [0.2, 0.25) is 0 Å². The number of methoxy groups -OCH3 is 1. The van der Waals surface area contributed by atoms with Crippen molar-refractivity contribution in [2.24, 2.45) is 0 Å². The van der Waals surface area contributed by atoms with Gasteiger partial charge in [0.25, 0.3) is 0 Å². The second-order valence-corrected chi connectivity index (χ2v) is 5.67. The van der Waals surface area contributed by atoms with Crippen LogP contribution in [0.3, 0.4) is 0 Å². The van der Waals surface area contributed by atoms with Crippen LogP contribution in [0.15, 0.2) is 53.9 Å². The van der Waals surface area contributed by atoms with E-state index >= 15 is 0 Å². The molecule has 0 saturated heterocycles. The summed E-state index contributed by atoms with van der Waals surface area (Å²) in [7, 11) is 1.68. The number of hydrogen-bond acceptors (Lipinski definition) is 3. The van der Waals surface area contributed by atoms with Crippen LogP contribution in [-0.2, 0) is 6.42 Å². The molecule has 0 unspecified atom stereocenters. The van der Waals surface area contributed by atoms with Gasteiger partial charge in [-0.3, -0.25) is 0 Å². The van der Waals surface area contributed by atoms with Crippen LogP contribution in [0.5, 0.6) is 5.75 Å². The topological polar surface area (TPSA) is 22.1 Å². The molecule has 2 aromatic carbocycles. The number of hydrogen-bond donors (Lipinski definition) is 0. The molecule has 21 heavy (non-hydrogen) atoms. The summed E-state index contributed by atoms with van der Waals surface area (Å²) in [6.07, 6.45) is 1.06. The predicted molar refractivity (Wildman–Crippen MR) is 88.9 cm³/mol. The molecule has 0 saturated carbocycles.